The Kier molecular flexibility index (Phi) is 4.01. The van der Waals surface area contributed by atoms with E-state index in [2.05, 4.69) is 0 Å². The zero-order valence-electron chi connectivity index (χ0n) is 13.1. The first-order chi connectivity index (χ1) is 12.1. The van der Waals surface area contributed by atoms with E-state index in [4.69, 9.17) is 15.7 Å². The SMILES string of the molecule is NC(O)c1ccc2nc(-c3cccs3)c(-c3ccc(F)cc3)nc2c1. The zero-order chi connectivity index (χ0) is 17.4. The Morgan fingerprint density at radius 3 is 2.40 bits per heavy atom. The molecule has 25 heavy (non-hydrogen) atoms. The van der Waals surface area contributed by atoms with E-state index < -0.39 is 6.23 Å². The van der Waals surface area contributed by atoms with Crippen molar-refractivity contribution in [3.63, 3.8) is 0 Å². The number of hydrogen-bond donors (Lipinski definition) is 2. The average Bonchev–Trinajstić information content (AvgIpc) is 3.15. The third kappa shape index (κ3) is 3.02. The van der Waals surface area contributed by atoms with Crippen LogP contribution in [0, 0.1) is 5.82 Å². The van der Waals surface area contributed by atoms with Gasteiger partial charge in [-0.15, -0.1) is 11.3 Å². The summed E-state index contributed by atoms with van der Waals surface area (Å²) in [6.45, 7) is 0. The van der Waals surface area contributed by atoms with E-state index in [0.29, 0.717) is 22.3 Å². The van der Waals surface area contributed by atoms with E-state index in [9.17, 15) is 9.50 Å². The molecule has 1 atom stereocenters. The van der Waals surface area contributed by atoms with Gasteiger partial charge in [-0.2, -0.15) is 0 Å². The Labute approximate surface area is 147 Å². The minimum absolute atomic E-state index is 0.302. The van der Waals surface area contributed by atoms with Crippen LogP contribution in [0.2, 0.25) is 0 Å². The highest BCUT2D eigenvalue weighted by Gasteiger charge is 2.15. The van der Waals surface area contributed by atoms with Gasteiger partial charge in [-0.3, -0.25) is 0 Å². The minimum atomic E-state index is -1.07. The van der Waals surface area contributed by atoms with Gasteiger partial charge in [-0.1, -0.05) is 12.1 Å². The van der Waals surface area contributed by atoms with Crippen LogP contribution in [-0.2, 0) is 0 Å². The topological polar surface area (TPSA) is 72.0 Å². The summed E-state index contributed by atoms with van der Waals surface area (Å²) in [5.74, 6) is -0.302. The maximum absolute atomic E-state index is 13.3. The van der Waals surface area contributed by atoms with Crippen molar-refractivity contribution in [2.45, 2.75) is 6.23 Å². The van der Waals surface area contributed by atoms with Crippen LogP contribution in [0.4, 0.5) is 4.39 Å². The number of thiophene rings is 1. The second-order valence-corrected chi connectivity index (χ2v) is 6.55. The molecule has 2 aromatic heterocycles. The quantitative estimate of drug-likeness (QED) is 0.545. The summed E-state index contributed by atoms with van der Waals surface area (Å²) in [4.78, 5) is 10.5. The summed E-state index contributed by atoms with van der Waals surface area (Å²) >= 11 is 1.57. The fourth-order valence-corrected chi connectivity index (χ4v) is 3.36. The molecule has 6 heteroatoms. The Morgan fingerprint density at radius 1 is 0.960 bits per heavy atom. The first kappa shape index (κ1) is 15.8. The molecule has 0 radical (unpaired) electrons. The number of nitrogens with two attached hydrogens (primary N) is 1. The summed E-state index contributed by atoms with van der Waals surface area (Å²) in [5.41, 5.74) is 9.63. The molecule has 0 spiro atoms. The molecule has 124 valence electrons. The maximum Gasteiger partial charge on any atom is 0.128 e. The second-order valence-electron chi connectivity index (χ2n) is 5.60. The minimum Gasteiger partial charge on any atom is -0.375 e. The first-order valence-electron chi connectivity index (χ1n) is 7.67. The number of aliphatic hydroxyl groups excluding tert-OH is 1. The number of halogens is 1. The normalized spacial score (nSPS) is 12.4. The molecule has 4 rings (SSSR count). The molecule has 2 heterocycles. The van der Waals surface area contributed by atoms with Gasteiger partial charge in [0.1, 0.15) is 17.7 Å². The number of aromatic nitrogens is 2. The fraction of sp³-hybridized carbons (Fsp3) is 0.0526. The van der Waals surface area contributed by atoms with Gasteiger partial charge in [0.25, 0.3) is 0 Å². The second kappa shape index (κ2) is 6.33. The van der Waals surface area contributed by atoms with Gasteiger partial charge in [0.15, 0.2) is 0 Å². The molecule has 2 aromatic carbocycles. The molecule has 0 fully saturated rings. The van der Waals surface area contributed by atoms with Crippen molar-refractivity contribution in [2.24, 2.45) is 5.73 Å². The van der Waals surface area contributed by atoms with Crippen molar-refractivity contribution in [3.05, 3.63) is 71.4 Å². The Morgan fingerprint density at radius 2 is 1.72 bits per heavy atom. The van der Waals surface area contributed by atoms with Crippen molar-refractivity contribution < 1.29 is 9.50 Å². The predicted molar refractivity (Wildman–Crippen MR) is 97.4 cm³/mol. The lowest BCUT2D eigenvalue weighted by molar-refractivity contribution is 0.186. The number of hydrogen-bond acceptors (Lipinski definition) is 5. The van der Waals surface area contributed by atoms with Gasteiger partial charge in [0.05, 0.1) is 21.6 Å². The highest BCUT2D eigenvalue weighted by molar-refractivity contribution is 7.13. The van der Waals surface area contributed by atoms with Gasteiger partial charge >= 0.3 is 0 Å². The van der Waals surface area contributed by atoms with Gasteiger partial charge in [0.2, 0.25) is 0 Å². The number of benzene rings is 2. The Bertz CT molecular complexity index is 1030. The molecule has 4 aromatic rings. The number of aliphatic hydroxyl groups is 1. The van der Waals surface area contributed by atoms with Gasteiger partial charge in [0, 0.05) is 5.56 Å². The average molecular weight is 351 g/mol. The third-order valence-electron chi connectivity index (χ3n) is 3.90. The van der Waals surface area contributed by atoms with Crippen LogP contribution in [0.1, 0.15) is 11.8 Å². The standard InChI is InChI=1S/C19H14FN3OS/c20-13-6-3-11(4-7-13)17-18(16-2-1-9-25-16)22-14-8-5-12(19(21)24)10-15(14)23-17/h1-10,19,24H,21H2. The molecule has 0 saturated heterocycles. The van der Waals surface area contributed by atoms with E-state index in [0.717, 1.165) is 16.1 Å². The number of rotatable bonds is 3. The monoisotopic (exact) mass is 351 g/mol. The number of fused-ring (bicyclic) bond motifs is 1. The van der Waals surface area contributed by atoms with Crippen molar-refractivity contribution in [1.29, 1.82) is 0 Å². The van der Waals surface area contributed by atoms with Crippen molar-refractivity contribution >= 4 is 22.4 Å². The van der Waals surface area contributed by atoms with Crippen LogP contribution in [-0.4, -0.2) is 15.1 Å². The van der Waals surface area contributed by atoms with Gasteiger partial charge in [-0.05, 0) is 53.4 Å². The maximum atomic E-state index is 13.3. The van der Waals surface area contributed by atoms with Crippen LogP contribution >= 0.6 is 11.3 Å². The molecular weight excluding hydrogens is 337 g/mol. The molecule has 4 nitrogen and oxygen atoms in total. The van der Waals surface area contributed by atoms with E-state index in [1.807, 2.05) is 17.5 Å². The lowest BCUT2D eigenvalue weighted by atomic mass is 10.1. The van der Waals surface area contributed by atoms with Crippen LogP contribution in [0.15, 0.2) is 60.0 Å². The van der Waals surface area contributed by atoms with E-state index in [-0.39, 0.29) is 5.82 Å². The van der Waals surface area contributed by atoms with Gasteiger partial charge in [-0.25, -0.2) is 14.4 Å². The van der Waals surface area contributed by atoms with Crippen LogP contribution in [0.5, 0.6) is 0 Å². The van der Waals surface area contributed by atoms with Crippen molar-refractivity contribution in [1.82, 2.24) is 9.97 Å². The van der Waals surface area contributed by atoms with E-state index in [1.54, 1.807) is 41.7 Å². The summed E-state index contributed by atoms with van der Waals surface area (Å²) in [5, 5.41) is 11.6. The molecule has 0 aliphatic heterocycles. The molecule has 0 bridgehead atoms. The molecule has 0 aliphatic carbocycles. The largest absolute Gasteiger partial charge is 0.375 e. The van der Waals surface area contributed by atoms with Crippen molar-refractivity contribution in [3.8, 4) is 21.8 Å². The van der Waals surface area contributed by atoms with E-state index >= 15 is 0 Å². The summed E-state index contributed by atoms with van der Waals surface area (Å²) < 4.78 is 13.3. The van der Waals surface area contributed by atoms with Crippen LogP contribution in [0.25, 0.3) is 32.9 Å². The molecule has 0 saturated carbocycles. The smallest absolute Gasteiger partial charge is 0.128 e. The summed E-state index contributed by atoms with van der Waals surface area (Å²) in [7, 11) is 0. The van der Waals surface area contributed by atoms with Crippen LogP contribution in [0.3, 0.4) is 0 Å². The number of nitrogens with zero attached hydrogens (tertiary/aromatic N) is 2. The highest BCUT2D eigenvalue weighted by atomic mass is 32.1. The fourth-order valence-electron chi connectivity index (χ4n) is 2.65. The van der Waals surface area contributed by atoms with Crippen LogP contribution < -0.4 is 5.73 Å². The molecule has 0 amide bonds. The Hall–Kier alpha value is -2.67. The molecule has 3 N–H and O–H groups in total. The van der Waals surface area contributed by atoms with Gasteiger partial charge < -0.3 is 10.8 Å². The lowest BCUT2D eigenvalue weighted by Gasteiger charge is -2.11. The zero-order valence-corrected chi connectivity index (χ0v) is 13.9. The highest BCUT2D eigenvalue weighted by Crippen LogP contribution is 2.33. The molecular formula is C19H14FN3OS. The lowest BCUT2D eigenvalue weighted by Crippen LogP contribution is -2.08. The van der Waals surface area contributed by atoms with Crippen molar-refractivity contribution in [2.75, 3.05) is 0 Å². The third-order valence-corrected chi connectivity index (χ3v) is 4.78. The summed E-state index contributed by atoms with van der Waals surface area (Å²) in [6, 6.07) is 15.3. The predicted octanol–water partition coefficient (Wildman–Crippen LogP) is 4.11. The Balaban J connectivity index is 1.99. The molecule has 1 unspecified atom stereocenters. The first-order valence-corrected chi connectivity index (χ1v) is 8.55. The summed E-state index contributed by atoms with van der Waals surface area (Å²) in [6.07, 6.45) is -1.07. The van der Waals surface area contributed by atoms with E-state index in [1.165, 1.54) is 12.1 Å². The molecule has 0 aliphatic rings.